The van der Waals surface area contributed by atoms with E-state index in [-0.39, 0.29) is 38.2 Å². The van der Waals surface area contributed by atoms with E-state index >= 15 is 0 Å². The Morgan fingerprint density at radius 1 is 1.03 bits per heavy atom. The van der Waals surface area contributed by atoms with Crippen molar-refractivity contribution in [2.24, 2.45) is 0 Å². The van der Waals surface area contributed by atoms with Crippen molar-refractivity contribution in [1.29, 1.82) is 0 Å². The SMILES string of the molecule is COc1ccc(Sc2c(O)c3c(=O)n(Cc4ccc(F)cc4)c4cc(S(C)(=O)=O)ccc4c3oc2=O)cc1. The van der Waals surface area contributed by atoms with Gasteiger partial charge in [0.2, 0.25) is 0 Å². The summed E-state index contributed by atoms with van der Waals surface area (Å²) < 4.78 is 49.9. The first-order chi connectivity index (χ1) is 18.1. The van der Waals surface area contributed by atoms with Crippen LogP contribution in [0.15, 0.2) is 95.4 Å². The number of benzene rings is 3. The molecular formula is C27H20FNO7S2. The molecule has 5 rings (SSSR count). The number of sulfone groups is 1. The van der Waals surface area contributed by atoms with Gasteiger partial charge in [0.05, 0.1) is 24.1 Å². The molecule has 0 aliphatic rings. The van der Waals surface area contributed by atoms with Crippen molar-refractivity contribution in [3.8, 4) is 11.5 Å². The number of aromatic nitrogens is 1. The number of rotatable bonds is 6. The van der Waals surface area contributed by atoms with Crippen LogP contribution in [0.3, 0.4) is 0 Å². The van der Waals surface area contributed by atoms with E-state index in [0.717, 1.165) is 18.0 Å². The fourth-order valence-electron chi connectivity index (χ4n) is 4.08. The summed E-state index contributed by atoms with van der Waals surface area (Å²) in [5, 5.41) is 11.2. The molecule has 0 saturated carbocycles. The smallest absolute Gasteiger partial charge is 0.354 e. The molecule has 0 bridgehead atoms. The van der Waals surface area contributed by atoms with Gasteiger partial charge < -0.3 is 18.8 Å². The standard InChI is InChI=1S/C27H20FNO7S2/c1-35-17-7-9-18(10-8-17)37-25-23(30)22-24(36-27(25)32)20-12-11-19(38(2,33)34)13-21(20)29(26(22)31)14-15-3-5-16(28)6-4-15/h3-13,30H,14H2,1-2H3. The van der Waals surface area contributed by atoms with Crippen LogP contribution in [0.1, 0.15) is 5.56 Å². The summed E-state index contributed by atoms with van der Waals surface area (Å²) in [5.74, 6) is -0.403. The van der Waals surface area contributed by atoms with Crippen molar-refractivity contribution in [1.82, 2.24) is 4.57 Å². The first-order valence-corrected chi connectivity index (χ1v) is 13.9. The van der Waals surface area contributed by atoms with E-state index in [1.165, 1.54) is 54.1 Å². The summed E-state index contributed by atoms with van der Waals surface area (Å²) in [5.41, 5.74) is -1.00. The van der Waals surface area contributed by atoms with E-state index in [9.17, 15) is 27.5 Å². The van der Waals surface area contributed by atoms with Crippen LogP contribution >= 0.6 is 11.8 Å². The third kappa shape index (κ3) is 4.66. The van der Waals surface area contributed by atoms with Crippen LogP contribution in [0.2, 0.25) is 0 Å². The molecule has 0 amide bonds. The largest absolute Gasteiger partial charge is 0.505 e. The summed E-state index contributed by atoms with van der Waals surface area (Å²) in [6, 6.07) is 16.3. The number of pyridine rings is 1. The van der Waals surface area contributed by atoms with Crippen molar-refractivity contribution < 1.29 is 27.1 Å². The monoisotopic (exact) mass is 553 g/mol. The highest BCUT2D eigenvalue weighted by molar-refractivity contribution is 7.99. The molecule has 0 radical (unpaired) electrons. The lowest BCUT2D eigenvalue weighted by Crippen LogP contribution is -2.23. The second-order valence-corrected chi connectivity index (χ2v) is 11.6. The van der Waals surface area contributed by atoms with Crippen LogP contribution in [0, 0.1) is 5.82 Å². The van der Waals surface area contributed by atoms with Gasteiger partial charge in [0.1, 0.15) is 21.8 Å². The van der Waals surface area contributed by atoms with Gasteiger partial charge in [0.25, 0.3) is 5.56 Å². The topological polar surface area (TPSA) is 116 Å². The van der Waals surface area contributed by atoms with Gasteiger partial charge in [-0.2, -0.15) is 0 Å². The molecule has 0 unspecified atom stereocenters. The lowest BCUT2D eigenvalue weighted by atomic mass is 10.1. The van der Waals surface area contributed by atoms with Gasteiger partial charge in [-0.05, 0) is 60.2 Å². The minimum atomic E-state index is -3.64. The Balaban J connectivity index is 1.79. The first kappa shape index (κ1) is 25.6. The van der Waals surface area contributed by atoms with E-state index in [1.807, 2.05) is 0 Å². The summed E-state index contributed by atoms with van der Waals surface area (Å²) in [7, 11) is -2.12. The third-order valence-corrected chi connectivity index (χ3v) is 8.17. The highest BCUT2D eigenvalue weighted by Crippen LogP contribution is 2.38. The van der Waals surface area contributed by atoms with E-state index < -0.39 is 32.6 Å². The number of halogens is 1. The van der Waals surface area contributed by atoms with Crippen LogP contribution in [0.4, 0.5) is 4.39 Å². The zero-order valence-electron chi connectivity index (χ0n) is 20.1. The van der Waals surface area contributed by atoms with Gasteiger partial charge >= 0.3 is 5.63 Å². The highest BCUT2D eigenvalue weighted by atomic mass is 32.2. The number of aromatic hydroxyl groups is 1. The second-order valence-electron chi connectivity index (χ2n) is 8.52. The van der Waals surface area contributed by atoms with Crippen LogP contribution in [0.5, 0.6) is 11.5 Å². The molecule has 3 aromatic carbocycles. The molecule has 8 nitrogen and oxygen atoms in total. The predicted molar refractivity (Wildman–Crippen MR) is 142 cm³/mol. The average molecular weight is 554 g/mol. The maximum Gasteiger partial charge on any atom is 0.354 e. The van der Waals surface area contributed by atoms with E-state index in [2.05, 4.69) is 0 Å². The highest BCUT2D eigenvalue weighted by Gasteiger charge is 2.23. The Labute approximate surface area is 219 Å². The molecule has 2 heterocycles. The number of methoxy groups -OCH3 is 1. The number of hydrogen-bond acceptors (Lipinski definition) is 8. The van der Waals surface area contributed by atoms with E-state index in [1.54, 1.807) is 24.3 Å². The molecule has 2 aromatic heterocycles. The summed E-state index contributed by atoms with van der Waals surface area (Å²) in [4.78, 5) is 27.1. The lowest BCUT2D eigenvalue weighted by Gasteiger charge is -2.15. The van der Waals surface area contributed by atoms with Crippen molar-refractivity contribution >= 4 is 43.5 Å². The molecule has 38 heavy (non-hydrogen) atoms. The molecule has 5 aromatic rings. The van der Waals surface area contributed by atoms with Crippen LogP contribution < -0.4 is 15.9 Å². The van der Waals surface area contributed by atoms with Crippen LogP contribution in [-0.2, 0) is 16.4 Å². The maximum absolute atomic E-state index is 13.8. The van der Waals surface area contributed by atoms with E-state index in [4.69, 9.17) is 9.15 Å². The van der Waals surface area contributed by atoms with Crippen LogP contribution in [-0.4, -0.2) is 31.5 Å². The summed E-state index contributed by atoms with van der Waals surface area (Å²) in [6.07, 6.45) is 1.03. The number of hydrogen-bond donors (Lipinski definition) is 1. The summed E-state index contributed by atoms with van der Waals surface area (Å²) >= 11 is 0.925. The zero-order chi connectivity index (χ0) is 27.2. The van der Waals surface area contributed by atoms with E-state index in [0.29, 0.717) is 16.2 Å². The van der Waals surface area contributed by atoms with Gasteiger partial charge in [0, 0.05) is 16.5 Å². The summed E-state index contributed by atoms with van der Waals surface area (Å²) in [6.45, 7) is -0.0573. The van der Waals surface area contributed by atoms with Crippen molar-refractivity contribution in [3.05, 3.63) is 98.9 Å². The lowest BCUT2D eigenvalue weighted by molar-refractivity contribution is 0.414. The molecule has 0 saturated heterocycles. The fraction of sp³-hybridized carbons (Fsp3) is 0.111. The van der Waals surface area contributed by atoms with Crippen LogP contribution in [0.25, 0.3) is 21.9 Å². The maximum atomic E-state index is 13.8. The Morgan fingerprint density at radius 3 is 2.34 bits per heavy atom. The number of nitrogens with zero attached hydrogens (tertiary/aromatic N) is 1. The molecule has 0 aliphatic heterocycles. The van der Waals surface area contributed by atoms with Gasteiger partial charge in [-0.15, -0.1) is 0 Å². The predicted octanol–water partition coefficient (Wildman–Crippen LogP) is 4.56. The molecule has 194 valence electrons. The molecular weight excluding hydrogens is 533 g/mol. The zero-order valence-corrected chi connectivity index (χ0v) is 21.7. The van der Waals surface area contributed by atoms with Gasteiger partial charge in [0.15, 0.2) is 21.2 Å². The Kier molecular flexibility index (Phi) is 6.49. The molecule has 0 spiro atoms. The quantitative estimate of drug-likeness (QED) is 0.304. The molecule has 11 heteroatoms. The molecule has 0 fully saturated rings. The molecule has 0 aliphatic carbocycles. The van der Waals surface area contributed by atoms with Gasteiger partial charge in [-0.25, -0.2) is 17.6 Å². The van der Waals surface area contributed by atoms with Crippen molar-refractivity contribution in [2.45, 2.75) is 21.2 Å². The van der Waals surface area contributed by atoms with Gasteiger partial charge in [-0.3, -0.25) is 4.79 Å². The second kappa shape index (κ2) is 9.66. The average Bonchev–Trinajstić information content (AvgIpc) is 2.89. The van der Waals surface area contributed by atoms with Gasteiger partial charge in [-0.1, -0.05) is 23.9 Å². The Bertz CT molecular complexity index is 1930. The Morgan fingerprint density at radius 2 is 1.71 bits per heavy atom. The number of ether oxygens (including phenoxy) is 1. The minimum Gasteiger partial charge on any atom is -0.505 e. The molecule has 1 N–H and O–H groups in total. The normalized spacial score (nSPS) is 11.8. The Hall–Kier alpha value is -4.09. The third-order valence-electron chi connectivity index (χ3n) is 5.98. The van der Waals surface area contributed by atoms with Crippen molar-refractivity contribution in [3.63, 3.8) is 0 Å². The molecule has 0 atom stereocenters. The minimum absolute atomic E-state index is 0.0464. The first-order valence-electron chi connectivity index (χ1n) is 11.2. The van der Waals surface area contributed by atoms with Crippen molar-refractivity contribution in [2.75, 3.05) is 13.4 Å². The fourth-order valence-corrected chi connectivity index (χ4v) is 5.55. The number of fused-ring (bicyclic) bond motifs is 3.